The monoisotopic (exact) mass is 499 g/mol. The molecule has 0 bridgehead atoms. The molecular weight excluding hydrogens is 464 g/mol. The highest BCUT2D eigenvalue weighted by molar-refractivity contribution is 5.91. The molecule has 0 fully saturated rings. The molecular formula is C23H35N10O3. The molecule has 1 radical (unpaired) electrons. The van der Waals surface area contributed by atoms with Gasteiger partial charge in [0.05, 0.1) is 12.1 Å². The van der Waals surface area contributed by atoms with Crippen LogP contribution in [0.4, 0.5) is 0 Å². The number of para-hydroxylation sites is 1. The van der Waals surface area contributed by atoms with E-state index in [2.05, 4.69) is 26.3 Å². The van der Waals surface area contributed by atoms with Gasteiger partial charge in [0, 0.05) is 36.6 Å². The number of guanidine groups is 2. The molecule has 0 aliphatic carbocycles. The molecule has 0 saturated carbocycles. The maximum absolute atomic E-state index is 13.0. The van der Waals surface area contributed by atoms with E-state index in [-0.39, 0.29) is 24.8 Å². The van der Waals surface area contributed by atoms with Crippen molar-refractivity contribution in [2.75, 3.05) is 13.1 Å². The van der Waals surface area contributed by atoms with Gasteiger partial charge >= 0.3 is 0 Å². The van der Waals surface area contributed by atoms with Crippen molar-refractivity contribution < 1.29 is 14.4 Å². The summed E-state index contributed by atoms with van der Waals surface area (Å²) in [7, 11) is 0. The Morgan fingerprint density at radius 2 is 1.61 bits per heavy atom. The Labute approximate surface area is 209 Å². The first kappa shape index (κ1) is 28.1. The van der Waals surface area contributed by atoms with Gasteiger partial charge in [-0.2, -0.15) is 0 Å². The molecule has 0 spiro atoms. The second kappa shape index (κ2) is 14.3. The second-order valence-corrected chi connectivity index (χ2v) is 8.38. The number of H-pyrrole nitrogens is 1. The lowest BCUT2D eigenvalue weighted by Gasteiger charge is -2.22. The number of amides is 2. The SMILES string of the molecule is N=C(N)NCCC[C@H](NC(=O)[C@@H](N)CCCNC(=N)N)C(=O)N[C@H]([C]=O)Cc1c[nH]c2ccccc12. The lowest BCUT2D eigenvalue weighted by molar-refractivity contribution is -0.130. The number of nitrogens with two attached hydrogens (primary N) is 3. The van der Waals surface area contributed by atoms with Crippen LogP contribution in [-0.4, -0.2) is 66.2 Å². The van der Waals surface area contributed by atoms with E-state index in [4.69, 9.17) is 28.0 Å². The summed E-state index contributed by atoms with van der Waals surface area (Å²) in [5.41, 5.74) is 18.3. The number of hydrogen-bond acceptors (Lipinski definition) is 6. The number of carbonyl (C=O) groups excluding carboxylic acids is 3. The molecule has 3 atom stereocenters. The van der Waals surface area contributed by atoms with Crippen molar-refractivity contribution in [1.29, 1.82) is 10.8 Å². The van der Waals surface area contributed by atoms with Gasteiger partial charge in [-0.25, -0.2) is 0 Å². The molecule has 0 unspecified atom stereocenters. The van der Waals surface area contributed by atoms with Gasteiger partial charge in [-0.15, -0.1) is 0 Å². The van der Waals surface area contributed by atoms with E-state index in [1.165, 1.54) is 0 Å². The van der Waals surface area contributed by atoms with Crippen LogP contribution in [0.5, 0.6) is 0 Å². The van der Waals surface area contributed by atoms with Crippen molar-refractivity contribution in [3.05, 3.63) is 36.0 Å². The molecule has 1 heterocycles. The third-order valence-electron chi connectivity index (χ3n) is 5.52. The number of aromatic amines is 1. The Morgan fingerprint density at radius 1 is 0.972 bits per heavy atom. The van der Waals surface area contributed by atoms with Crippen LogP contribution in [0.1, 0.15) is 31.2 Å². The van der Waals surface area contributed by atoms with Crippen molar-refractivity contribution >= 4 is 40.9 Å². The third kappa shape index (κ3) is 9.25. The predicted octanol–water partition coefficient (Wildman–Crippen LogP) is -1.36. The van der Waals surface area contributed by atoms with Crippen LogP contribution in [0.2, 0.25) is 0 Å². The van der Waals surface area contributed by atoms with Crippen molar-refractivity contribution in [2.45, 2.75) is 50.2 Å². The average molecular weight is 500 g/mol. The van der Waals surface area contributed by atoms with Gasteiger partial charge in [0.2, 0.25) is 18.1 Å². The summed E-state index contributed by atoms with van der Waals surface area (Å²) in [5.74, 6) is -1.42. The van der Waals surface area contributed by atoms with Crippen LogP contribution >= 0.6 is 0 Å². The van der Waals surface area contributed by atoms with E-state index >= 15 is 0 Å². The minimum atomic E-state index is -0.952. The predicted molar refractivity (Wildman–Crippen MR) is 138 cm³/mol. The molecule has 1 aromatic heterocycles. The number of aromatic nitrogens is 1. The van der Waals surface area contributed by atoms with Gasteiger partial charge in [0.1, 0.15) is 6.04 Å². The highest BCUT2D eigenvalue weighted by Gasteiger charge is 2.26. The van der Waals surface area contributed by atoms with Gasteiger partial charge < -0.3 is 43.5 Å². The summed E-state index contributed by atoms with van der Waals surface area (Å²) in [6, 6.07) is 4.87. The number of hydrogen-bond donors (Lipinski definition) is 10. The van der Waals surface area contributed by atoms with Crippen LogP contribution < -0.4 is 38.5 Å². The highest BCUT2D eigenvalue weighted by Crippen LogP contribution is 2.18. The summed E-state index contributed by atoms with van der Waals surface area (Å²) < 4.78 is 0. The number of fused-ring (bicyclic) bond motifs is 1. The van der Waals surface area contributed by atoms with E-state index in [1.54, 1.807) is 6.20 Å². The third-order valence-corrected chi connectivity index (χ3v) is 5.52. The Kier molecular flexibility index (Phi) is 11.2. The molecule has 1 aromatic carbocycles. The zero-order chi connectivity index (χ0) is 26.5. The quantitative estimate of drug-likeness (QED) is 0.0795. The Balaban J connectivity index is 2.00. The normalized spacial score (nSPS) is 13.2. The van der Waals surface area contributed by atoms with Crippen LogP contribution in [-0.2, 0) is 20.8 Å². The first-order valence-corrected chi connectivity index (χ1v) is 11.7. The smallest absolute Gasteiger partial charge is 0.243 e. The molecule has 195 valence electrons. The Morgan fingerprint density at radius 3 is 2.25 bits per heavy atom. The number of carbonyl (C=O) groups is 2. The van der Waals surface area contributed by atoms with Crippen LogP contribution in [0, 0.1) is 10.8 Å². The van der Waals surface area contributed by atoms with E-state index in [0.717, 1.165) is 16.5 Å². The van der Waals surface area contributed by atoms with Crippen molar-refractivity contribution in [3.8, 4) is 0 Å². The fourth-order valence-corrected chi connectivity index (χ4v) is 3.67. The summed E-state index contributed by atoms with van der Waals surface area (Å²) in [5, 5.41) is 25.9. The lowest BCUT2D eigenvalue weighted by Crippen LogP contribution is -2.54. The lowest BCUT2D eigenvalue weighted by atomic mass is 10.0. The summed E-state index contributed by atoms with van der Waals surface area (Å²) in [6.45, 7) is 0.720. The molecule has 2 amide bonds. The number of rotatable bonds is 15. The van der Waals surface area contributed by atoms with Crippen LogP contribution in [0.15, 0.2) is 30.5 Å². The first-order chi connectivity index (χ1) is 17.2. The topological polar surface area (TPSA) is 241 Å². The van der Waals surface area contributed by atoms with E-state index in [1.807, 2.05) is 30.6 Å². The van der Waals surface area contributed by atoms with Crippen molar-refractivity contribution in [2.24, 2.45) is 17.2 Å². The average Bonchev–Trinajstić information content (AvgIpc) is 3.25. The maximum Gasteiger partial charge on any atom is 0.243 e. The second-order valence-electron chi connectivity index (χ2n) is 8.38. The van der Waals surface area contributed by atoms with Crippen LogP contribution in [0.25, 0.3) is 10.9 Å². The first-order valence-electron chi connectivity index (χ1n) is 11.7. The molecule has 0 saturated heterocycles. The molecule has 2 rings (SSSR count). The number of nitrogens with one attached hydrogen (secondary N) is 7. The maximum atomic E-state index is 13.0. The fourth-order valence-electron chi connectivity index (χ4n) is 3.67. The molecule has 36 heavy (non-hydrogen) atoms. The molecule has 13 N–H and O–H groups in total. The minimum Gasteiger partial charge on any atom is -0.370 e. The van der Waals surface area contributed by atoms with Gasteiger partial charge in [0.15, 0.2) is 11.9 Å². The standard InChI is InChI=1S/C23H35N10O3/c24-17(6-3-9-29-22(25)26)20(35)33-19(8-4-10-30-23(27)28)21(36)32-15(13-34)11-14-12-31-18-7-2-1-5-16(14)18/h1-2,5,7,12,15,17,19,31H,3-4,6,8-11,24H2,(H,32,36)(H,33,35)(H4,25,26,29)(H4,27,28,30)/t15-,17-,19-/m0/s1. The van der Waals surface area contributed by atoms with Gasteiger partial charge in [-0.05, 0) is 37.3 Å². The van der Waals surface area contributed by atoms with Crippen molar-refractivity contribution in [1.82, 2.24) is 26.3 Å². The zero-order valence-corrected chi connectivity index (χ0v) is 20.0. The van der Waals surface area contributed by atoms with Gasteiger partial charge in [-0.3, -0.25) is 25.2 Å². The molecule has 0 aliphatic rings. The van der Waals surface area contributed by atoms with Crippen LogP contribution in [0.3, 0.4) is 0 Å². The summed E-state index contributed by atoms with van der Waals surface area (Å²) in [6.07, 6.45) is 5.36. The zero-order valence-electron chi connectivity index (χ0n) is 20.0. The van der Waals surface area contributed by atoms with E-state index < -0.39 is 29.9 Å². The largest absolute Gasteiger partial charge is 0.370 e. The fraction of sp³-hybridized carbons (Fsp3) is 0.435. The number of benzene rings is 1. The van der Waals surface area contributed by atoms with Gasteiger partial charge in [0.25, 0.3) is 0 Å². The Hall–Kier alpha value is -4.13. The minimum absolute atomic E-state index is 0.168. The van der Waals surface area contributed by atoms with Crippen molar-refractivity contribution in [3.63, 3.8) is 0 Å². The molecule has 13 heteroatoms. The van der Waals surface area contributed by atoms with E-state index in [9.17, 15) is 14.4 Å². The summed E-state index contributed by atoms with van der Waals surface area (Å²) >= 11 is 0. The summed E-state index contributed by atoms with van der Waals surface area (Å²) in [4.78, 5) is 40.5. The molecule has 13 nitrogen and oxygen atoms in total. The highest BCUT2D eigenvalue weighted by atomic mass is 16.2. The van der Waals surface area contributed by atoms with Gasteiger partial charge in [-0.1, -0.05) is 18.2 Å². The Bertz CT molecular complexity index is 1050. The van der Waals surface area contributed by atoms with E-state index in [0.29, 0.717) is 32.4 Å². The molecule has 2 aromatic rings. The molecule has 0 aliphatic heterocycles.